The van der Waals surface area contributed by atoms with Crippen molar-refractivity contribution in [2.24, 2.45) is 5.73 Å². The average Bonchev–Trinajstić information content (AvgIpc) is 3.08. The third-order valence-electron chi connectivity index (χ3n) is 7.16. The van der Waals surface area contributed by atoms with Crippen LogP contribution in [-0.2, 0) is 16.1 Å². The second-order valence-electron chi connectivity index (χ2n) is 9.18. The second kappa shape index (κ2) is 8.61. The van der Waals surface area contributed by atoms with E-state index in [0.29, 0.717) is 31.5 Å². The van der Waals surface area contributed by atoms with E-state index in [1.54, 1.807) is 0 Å². The van der Waals surface area contributed by atoms with Crippen molar-refractivity contribution in [3.63, 3.8) is 0 Å². The molecule has 2 aromatic rings. The first kappa shape index (κ1) is 24.3. The van der Waals surface area contributed by atoms with Crippen molar-refractivity contribution in [2.45, 2.75) is 43.7 Å². The van der Waals surface area contributed by atoms with Crippen LogP contribution in [0.3, 0.4) is 0 Å². The Morgan fingerprint density at radius 2 is 1.97 bits per heavy atom. The van der Waals surface area contributed by atoms with Crippen molar-refractivity contribution in [2.75, 3.05) is 20.2 Å². The molecule has 2 saturated heterocycles. The van der Waals surface area contributed by atoms with Crippen molar-refractivity contribution >= 4 is 11.8 Å². The van der Waals surface area contributed by atoms with Crippen LogP contribution in [0.5, 0.6) is 5.75 Å². The van der Waals surface area contributed by atoms with Gasteiger partial charge >= 0.3 is 0 Å². The maximum atomic E-state index is 14.4. The van der Waals surface area contributed by atoms with Crippen molar-refractivity contribution in [1.29, 1.82) is 0 Å². The summed E-state index contributed by atoms with van der Waals surface area (Å²) in [5, 5.41) is 11.8. The average molecular weight is 508 g/mol. The molecule has 0 unspecified atom stereocenters. The van der Waals surface area contributed by atoms with Gasteiger partial charge in [0.25, 0.3) is 11.8 Å². The molecule has 1 spiro atoms. The molecule has 36 heavy (non-hydrogen) atoms. The minimum Gasteiger partial charge on any atom is -0.503 e. The molecule has 2 bridgehead atoms. The first-order chi connectivity index (χ1) is 17.1. The number of hydrogen-bond donors (Lipinski definition) is 2. The first-order valence-electron chi connectivity index (χ1n) is 11.3. The SMILES string of the molecule is CO[C@@H]1C[C@@]2(CCCN3C[C@H]2n2cc(C(N)=O)c(=O)c(O)c2C3=O)ON1Cc1c(F)cc(F)cc1F. The summed E-state index contributed by atoms with van der Waals surface area (Å²) in [5.74, 6) is -5.77. The van der Waals surface area contributed by atoms with Crippen LogP contribution in [0.25, 0.3) is 0 Å². The van der Waals surface area contributed by atoms with Crippen LogP contribution in [0.1, 0.15) is 51.7 Å². The Balaban J connectivity index is 1.59. The molecule has 1 aromatic heterocycles. The molecule has 13 heteroatoms. The molecule has 4 heterocycles. The van der Waals surface area contributed by atoms with Crippen LogP contribution in [-0.4, -0.2) is 63.5 Å². The van der Waals surface area contributed by atoms with Crippen molar-refractivity contribution in [1.82, 2.24) is 14.5 Å². The van der Waals surface area contributed by atoms with E-state index in [2.05, 4.69) is 0 Å². The van der Waals surface area contributed by atoms with Crippen molar-refractivity contribution in [3.8, 4) is 5.75 Å². The molecule has 0 radical (unpaired) electrons. The van der Waals surface area contributed by atoms with Crippen molar-refractivity contribution in [3.05, 3.63) is 62.8 Å². The third kappa shape index (κ3) is 3.65. The van der Waals surface area contributed by atoms with Gasteiger partial charge in [0.05, 0.1) is 12.6 Å². The molecule has 0 aliphatic carbocycles. The van der Waals surface area contributed by atoms with Crippen LogP contribution >= 0.6 is 0 Å². The fourth-order valence-electron chi connectivity index (χ4n) is 5.42. The van der Waals surface area contributed by atoms with Gasteiger partial charge in [-0.1, -0.05) is 0 Å². The number of primary amides is 1. The number of aromatic nitrogens is 1. The van der Waals surface area contributed by atoms with E-state index in [4.69, 9.17) is 15.3 Å². The summed E-state index contributed by atoms with van der Waals surface area (Å²) in [7, 11) is 1.40. The van der Waals surface area contributed by atoms with E-state index in [0.717, 1.165) is 6.20 Å². The van der Waals surface area contributed by atoms with Crippen LogP contribution in [0, 0.1) is 17.5 Å². The Kier molecular flexibility index (Phi) is 5.80. The number of benzene rings is 1. The summed E-state index contributed by atoms with van der Waals surface area (Å²) in [6.45, 7) is 0.0305. The second-order valence-corrected chi connectivity index (χ2v) is 9.18. The van der Waals surface area contributed by atoms with E-state index >= 15 is 0 Å². The number of nitrogens with two attached hydrogens (primary N) is 1. The lowest BCUT2D eigenvalue weighted by atomic mass is 9.85. The highest BCUT2D eigenvalue weighted by Gasteiger charge is 2.56. The number of fused-ring (bicyclic) bond motifs is 5. The molecular formula is C23H23F3N4O6. The number of carbonyl (C=O) groups is 2. The Hall–Kier alpha value is -3.42. The van der Waals surface area contributed by atoms with Gasteiger partial charge in [-0.05, 0) is 12.8 Å². The number of aromatic hydroxyl groups is 1. The molecule has 192 valence electrons. The third-order valence-corrected chi connectivity index (χ3v) is 7.16. The van der Waals surface area contributed by atoms with E-state index in [-0.39, 0.29) is 18.7 Å². The summed E-state index contributed by atoms with van der Waals surface area (Å²) >= 11 is 0. The number of nitrogens with zero attached hydrogens (tertiary/aromatic N) is 3. The number of rotatable bonds is 4. The Bertz CT molecular complexity index is 1310. The molecule has 1 aromatic carbocycles. The lowest BCUT2D eigenvalue weighted by molar-refractivity contribution is -0.253. The Labute approximate surface area is 202 Å². The van der Waals surface area contributed by atoms with Gasteiger partial charge in [-0.3, -0.25) is 19.2 Å². The lowest BCUT2D eigenvalue weighted by Gasteiger charge is -2.41. The molecule has 3 aliphatic rings. The number of ether oxygens (including phenoxy) is 1. The van der Waals surface area contributed by atoms with Gasteiger partial charge in [0.1, 0.15) is 34.8 Å². The monoisotopic (exact) mass is 508 g/mol. The number of hydrogen-bond acceptors (Lipinski definition) is 7. The van der Waals surface area contributed by atoms with E-state index in [9.17, 15) is 32.7 Å². The summed E-state index contributed by atoms with van der Waals surface area (Å²) in [4.78, 5) is 45.2. The highest BCUT2D eigenvalue weighted by molar-refractivity contribution is 5.98. The quantitative estimate of drug-likeness (QED) is 0.639. The summed E-state index contributed by atoms with van der Waals surface area (Å²) < 4.78 is 49.0. The number of methoxy groups -OCH3 is 1. The van der Waals surface area contributed by atoms with Crippen LogP contribution in [0.4, 0.5) is 13.2 Å². The number of halogens is 3. The molecule has 0 saturated carbocycles. The Morgan fingerprint density at radius 1 is 1.28 bits per heavy atom. The highest BCUT2D eigenvalue weighted by Crippen LogP contribution is 2.48. The maximum Gasteiger partial charge on any atom is 0.274 e. The minimum absolute atomic E-state index is 0.121. The molecule has 3 aliphatic heterocycles. The molecule has 2 fully saturated rings. The van der Waals surface area contributed by atoms with E-state index < -0.39 is 76.0 Å². The zero-order chi connectivity index (χ0) is 25.9. The van der Waals surface area contributed by atoms with Crippen LogP contribution in [0.15, 0.2) is 23.1 Å². The lowest BCUT2D eigenvalue weighted by Crippen LogP contribution is -2.51. The molecular weight excluding hydrogens is 485 g/mol. The highest BCUT2D eigenvalue weighted by atomic mass is 19.1. The van der Waals surface area contributed by atoms with Gasteiger partial charge in [0.2, 0.25) is 5.43 Å². The van der Waals surface area contributed by atoms with Crippen LogP contribution in [0.2, 0.25) is 0 Å². The zero-order valence-electron chi connectivity index (χ0n) is 19.2. The molecule has 3 atom stereocenters. The number of carbonyl (C=O) groups excluding carboxylic acids is 2. The van der Waals surface area contributed by atoms with Crippen LogP contribution < -0.4 is 11.2 Å². The van der Waals surface area contributed by atoms with E-state index in [1.165, 1.54) is 21.6 Å². The fourth-order valence-corrected chi connectivity index (χ4v) is 5.42. The number of amides is 2. The zero-order valence-corrected chi connectivity index (χ0v) is 19.2. The van der Waals surface area contributed by atoms with Gasteiger partial charge in [-0.15, -0.1) is 0 Å². The van der Waals surface area contributed by atoms with Crippen molar-refractivity contribution < 1.29 is 37.4 Å². The molecule has 2 amide bonds. The smallest absolute Gasteiger partial charge is 0.274 e. The van der Waals surface area contributed by atoms with Gasteiger partial charge in [0.15, 0.2) is 11.4 Å². The minimum atomic E-state index is -1.10. The number of hydroxylamine groups is 2. The van der Waals surface area contributed by atoms with Gasteiger partial charge in [0, 0.05) is 50.5 Å². The summed E-state index contributed by atoms with van der Waals surface area (Å²) in [6.07, 6.45) is 1.42. The maximum absolute atomic E-state index is 14.4. The predicted octanol–water partition coefficient (Wildman–Crippen LogP) is 1.41. The standard InChI is InChI=1S/C23H23F3N4O6/c1-35-17-7-23(36-30(17)9-12-14(25)5-11(24)6-15(12)26)3-2-4-28-10-16(23)29-8-13(21(27)33)19(31)20(32)18(29)22(28)34/h5-6,8,16-17,32H,2-4,7,9-10H2,1H3,(H2,27,33)/t16-,17-,23-/m1/s1. The van der Waals surface area contributed by atoms with Gasteiger partial charge < -0.3 is 25.0 Å². The summed E-state index contributed by atoms with van der Waals surface area (Å²) in [5.41, 5.74) is 1.97. The Morgan fingerprint density at radius 3 is 2.61 bits per heavy atom. The molecule has 3 N–H and O–H groups in total. The number of pyridine rings is 1. The first-order valence-corrected chi connectivity index (χ1v) is 11.3. The topological polar surface area (TPSA) is 127 Å². The normalized spacial score (nSPS) is 25.8. The largest absolute Gasteiger partial charge is 0.503 e. The predicted molar refractivity (Wildman–Crippen MR) is 116 cm³/mol. The van der Waals surface area contributed by atoms with E-state index in [1.807, 2.05) is 0 Å². The molecule has 5 rings (SSSR count). The summed E-state index contributed by atoms with van der Waals surface area (Å²) in [6, 6.07) is 0.439. The van der Waals surface area contributed by atoms with Gasteiger partial charge in [-0.25, -0.2) is 13.2 Å². The fraction of sp³-hybridized carbons (Fsp3) is 0.435. The molecule has 10 nitrogen and oxygen atoms in total. The van der Waals surface area contributed by atoms with Gasteiger partial charge in [-0.2, -0.15) is 5.06 Å².